The largest absolute Gasteiger partial charge is 0.545 e. The van der Waals surface area contributed by atoms with Crippen LogP contribution in [-0.4, -0.2) is 12.5 Å². The smallest absolute Gasteiger partial charge is 0.0739 e. The maximum Gasteiger partial charge on any atom is 0.0739 e. The monoisotopic (exact) mass is 433 g/mol. The Labute approximate surface area is 193 Å². The average molecular weight is 434 g/mol. The lowest BCUT2D eigenvalue weighted by molar-refractivity contribution is -0.368. The number of benzene rings is 1. The maximum atomic E-state index is 10.1. The van der Waals surface area contributed by atoms with Crippen molar-refractivity contribution in [1.82, 2.24) is 0 Å². The fourth-order valence-electron chi connectivity index (χ4n) is 3.70. The maximum absolute atomic E-state index is 10.1. The third kappa shape index (κ3) is 23.1. The van der Waals surface area contributed by atoms with E-state index in [0.717, 1.165) is 6.54 Å². The molecule has 0 heterocycles. The second-order valence-corrected chi connectivity index (χ2v) is 10.1. The van der Waals surface area contributed by atoms with Gasteiger partial charge in [-0.1, -0.05) is 135 Å². The zero-order valence-corrected chi connectivity index (χ0v) is 20.9. The second-order valence-electron chi connectivity index (χ2n) is 10.1. The van der Waals surface area contributed by atoms with E-state index in [0.29, 0.717) is 5.41 Å². The quantitative estimate of drug-likeness (QED) is 0.282. The fourth-order valence-corrected chi connectivity index (χ4v) is 3.70. The normalized spacial score (nSPS) is 11.1. The van der Waals surface area contributed by atoms with Crippen molar-refractivity contribution in [3.63, 3.8) is 0 Å². The minimum atomic E-state index is -1.13. The third-order valence-electron chi connectivity index (χ3n) is 5.69. The molecular formula is C28H51NO2. The highest BCUT2D eigenvalue weighted by atomic mass is 16.4. The van der Waals surface area contributed by atoms with E-state index in [1.54, 1.807) is 18.2 Å². The first-order chi connectivity index (χ1) is 14.9. The van der Waals surface area contributed by atoms with Crippen molar-refractivity contribution >= 4 is 5.97 Å². The van der Waals surface area contributed by atoms with Gasteiger partial charge < -0.3 is 15.6 Å². The highest BCUT2D eigenvalue weighted by Crippen LogP contribution is 2.22. The van der Waals surface area contributed by atoms with E-state index in [1.807, 2.05) is 0 Å². The van der Waals surface area contributed by atoms with Crippen LogP contribution in [0.25, 0.3) is 0 Å². The van der Waals surface area contributed by atoms with Gasteiger partial charge in [0.1, 0.15) is 0 Å². The molecule has 0 spiro atoms. The van der Waals surface area contributed by atoms with E-state index >= 15 is 0 Å². The Morgan fingerprint density at radius 2 is 1.03 bits per heavy atom. The van der Waals surface area contributed by atoms with Crippen molar-refractivity contribution in [3.8, 4) is 0 Å². The molecule has 0 aliphatic heterocycles. The molecule has 3 N–H and O–H groups in total. The lowest BCUT2D eigenvalue weighted by Gasteiger charge is -2.17. The molecule has 0 unspecified atom stereocenters. The van der Waals surface area contributed by atoms with Crippen LogP contribution in [-0.2, 0) is 0 Å². The van der Waals surface area contributed by atoms with Crippen LogP contribution in [0.2, 0.25) is 0 Å². The van der Waals surface area contributed by atoms with Crippen molar-refractivity contribution in [1.29, 1.82) is 0 Å². The summed E-state index contributed by atoms with van der Waals surface area (Å²) in [4.78, 5) is 10.1. The van der Waals surface area contributed by atoms with Gasteiger partial charge in [-0.15, -0.1) is 0 Å². The van der Waals surface area contributed by atoms with Crippen LogP contribution in [0, 0.1) is 5.41 Å². The molecule has 31 heavy (non-hydrogen) atoms. The van der Waals surface area contributed by atoms with Gasteiger partial charge in [-0.05, 0) is 30.2 Å². The van der Waals surface area contributed by atoms with Crippen molar-refractivity contribution in [3.05, 3.63) is 35.9 Å². The Balaban J connectivity index is 0.000000823. The Hall–Kier alpha value is -1.35. The number of hydrogen-bond acceptors (Lipinski definition) is 2. The summed E-state index contributed by atoms with van der Waals surface area (Å²) in [6.45, 7) is 8.19. The van der Waals surface area contributed by atoms with E-state index in [1.165, 1.54) is 115 Å². The number of rotatable bonds is 17. The highest BCUT2D eigenvalue weighted by molar-refractivity contribution is 5.85. The molecule has 0 bridgehead atoms. The minimum Gasteiger partial charge on any atom is -0.545 e. The van der Waals surface area contributed by atoms with Gasteiger partial charge >= 0.3 is 0 Å². The van der Waals surface area contributed by atoms with Gasteiger partial charge in [-0.25, -0.2) is 0 Å². The van der Waals surface area contributed by atoms with E-state index in [2.05, 4.69) is 26.5 Å². The van der Waals surface area contributed by atoms with Crippen molar-refractivity contribution in [2.75, 3.05) is 6.54 Å². The first-order valence-electron chi connectivity index (χ1n) is 12.9. The summed E-state index contributed by atoms with van der Waals surface area (Å²) in [6, 6.07) is 8.06. The van der Waals surface area contributed by atoms with Gasteiger partial charge in [0, 0.05) is 0 Å². The molecule has 0 amide bonds. The molecule has 0 fully saturated rings. The van der Waals surface area contributed by atoms with Crippen LogP contribution in [0.4, 0.5) is 0 Å². The van der Waals surface area contributed by atoms with E-state index < -0.39 is 5.97 Å². The van der Waals surface area contributed by atoms with Crippen LogP contribution >= 0.6 is 0 Å². The molecule has 180 valence electrons. The van der Waals surface area contributed by atoms with Gasteiger partial charge in [0.05, 0.1) is 12.5 Å². The fraction of sp³-hybridized carbons (Fsp3) is 0.750. The van der Waals surface area contributed by atoms with Gasteiger partial charge in [0.25, 0.3) is 0 Å². The predicted octanol–water partition coefficient (Wildman–Crippen LogP) is 6.57. The summed E-state index contributed by atoms with van der Waals surface area (Å²) in [5, 5.41) is 10.1. The summed E-state index contributed by atoms with van der Waals surface area (Å²) in [6.07, 6.45) is 23.1. The van der Waals surface area contributed by atoms with E-state index in [4.69, 9.17) is 0 Å². The number of unbranched alkanes of at least 4 members (excludes halogenated alkanes) is 14. The lowest BCUT2D eigenvalue weighted by Crippen LogP contribution is -2.50. The molecular weight excluding hydrogens is 382 g/mol. The molecule has 0 aliphatic rings. The molecule has 0 radical (unpaired) electrons. The lowest BCUT2D eigenvalue weighted by atomic mass is 9.89. The van der Waals surface area contributed by atoms with Crippen molar-refractivity contribution in [2.24, 2.45) is 5.41 Å². The molecule has 1 aromatic carbocycles. The Morgan fingerprint density at radius 3 is 1.32 bits per heavy atom. The second kappa shape index (κ2) is 20.5. The van der Waals surface area contributed by atoms with Gasteiger partial charge in [0.15, 0.2) is 0 Å². The van der Waals surface area contributed by atoms with Crippen LogP contribution in [0.1, 0.15) is 134 Å². The predicted molar refractivity (Wildman–Crippen MR) is 132 cm³/mol. The topological polar surface area (TPSA) is 67.8 Å². The molecule has 1 aromatic rings. The Morgan fingerprint density at radius 1 is 0.677 bits per heavy atom. The number of carbonyl (C=O) groups is 1. The zero-order chi connectivity index (χ0) is 23.2. The van der Waals surface area contributed by atoms with Gasteiger partial charge in [-0.2, -0.15) is 0 Å². The molecule has 1 rings (SSSR count). The van der Waals surface area contributed by atoms with Crippen LogP contribution in [0.15, 0.2) is 30.3 Å². The first-order valence-corrected chi connectivity index (χ1v) is 12.9. The molecule has 0 saturated heterocycles. The molecule has 3 nitrogen and oxygen atoms in total. The number of carboxylic acids is 1. The average Bonchev–Trinajstić information content (AvgIpc) is 2.74. The van der Waals surface area contributed by atoms with Crippen LogP contribution < -0.4 is 10.8 Å². The molecule has 0 aliphatic carbocycles. The minimum absolute atomic E-state index is 0.220. The van der Waals surface area contributed by atoms with E-state index in [-0.39, 0.29) is 5.56 Å². The van der Waals surface area contributed by atoms with Gasteiger partial charge in [-0.3, -0.25) is 0 Å². The number of carboxylic acid groups (broad SMARTS) is 1. The zero-order valence-electron chi connectivity index (χ0n) is 20.9. The summed E-state index contributed by atoms with van der Waals surface area (Å²) < 4.78 is 0. The van der Waals surface area contributed by atoms with Gasteiger partial charge in [0.2, 0.25) is 0 Å². The molecule has 0 saturated carbocycles. The molecule has 0 aromatic heterocycles. The Kier molecular flexibility index (Phi) is 19.7. The SMILES string of the molecule is CC(C)(C)CCCCCCCCCCCCCCCCC[NH3+].O=C([O-])c1ccccc1. The van der Waals surface area contributed by atoms with Crippen LogP contribution in [0.5, 0.6) is 0 Å². The van der Waals surface area contributed by atoms with Crippen molar-refractivity contribution < 1.29 is 15.6 Å². The van der Waals surface area contributed by atoms with Crippen LogP contribution in [0.3, 0.4) is 0 Å². The summed E-state index contributed by atoms with van der Waals surface area (Å²) in [7, 11) is 0. The third-order valence-corrected chi connectivity index (χ3v) is 5.69. The molecule has 0 atom stereocenters. The van der Waals surface area contributed by atoms with Crippen molar-refractivity contribution in [2.45, 2.75) is 124 Å². The highest BCUT2D eigenvalue weighted by Gasteiger charge is 2.08. The number of carbonyl (C=O) groups excluding carboxylic acids is 1. The van der Waals surface area contributed by atoms with E-state index in [9.17, 15) is 9.90 Å². The summed E-state index contributed by atoms with van der Waals surface area (Å²) in [5.74, 6) is -1.13. The standard InChI is InChI=1S/C21H45N.C7H6O2/c1-21(2,3)19-17-15-13-11-9-7-5-4-6-8-10-12-14-16-18-20-22;8-7(9)6-4-2-1-3-5-6/h4-20,22H2,1-3H3;1-5H,(H,8,9). The number of quaternary nitrogens is 1. The number of hydrogen-bond donors (Lipinski definition) is 1. The first kappa shape index (κ1) is 29.7. The number of aromatic carboxylic acids is 1. The summed E-state index contributed by atoms with van der Waals surface area (Å²) >= 11 is 0. The molecule has 3 heteroatoms. The Bertz CT molecular complexity index is 507. The summed E-state index contributed by atoms with van der Waals surface area (Å²) in [5.41, 5.74) is 4.65.